The number of aromatic nitrogens is 1. The second-order valence-corrected chi connectivity index (χ2v) is 3.35. The Kier molecular flexibility index (Phi) is 3.56. The molecule has 1 unspecified atom stereocenters. The molecule has 0 saturated carbocycles. The Labute approximate surface area is 94.0 Å². The minimum absolute atomic E-state index is 0.586. The summed E-state index contributed by atoms with van der Waals surface area (Å²) in [5.41, 5.74) is 0.0492. The zero-order chi connectivity index (χ0) is 13.2. The predicted octanol–water partition coefficient (Wildman–Crippen LogP) is 0.418. The maximum Gasteiger partial charge on any atom is 0.417 e. The summed E-state index contributed by atoms with van der Waals surface area (Å²) in [4.78, 5) is 22.5. The number of amides is 1. The number of hydrogen-bond donors (Lipinski definition) is 2. The normalized spacial score (nSPS) is 13.2. The molecule has 0 aromatic carbocycles. The number of carbonyl (C=O) groups excluding carboxylic acids is 1. The van der Waals surface area contributed by atoms with Gasteiger partial charge in [-0.15, -0.1) is 0 Å². The smallest absolute Gasteiger partial charge is 0.303 e. The molecule has 17 heavy (non-hydrogen) atoms. The summed E-state index contributed by atoms with van der Waals surface area (Å²) in [6.45, 7) is 1.27. The number of carbonyl (C=O) groups is 1. The fourth-order valence-electron chi connectivity index (χ4n) is 1.22. The topological polar surface area (TPSA) is 77.1 Å². The number of alkyl halides is 3. The van der Waals surface area contributed by atoms with E-state index < -0.39 is 29.2 Å². The Balaban J connectivity index is 3.25. The van der Waals surface area contributed by atoms with Gasteiger partial charge < -0.3 is 4.57 Å². The van der Waals surface area contributed by atoms with E-state index in [0.29, 0.717) is 16.8 Å². The minimum Gasteiger partial charge on any atom is -0.303 e. The number of rotatable bonds is 2. The van der Waals surface area contributed by atoms with Crippen molar-refractivity contribution in [1.82, 2.24) is 9.99 Å². The van der Waals surface area contributed by atoms with Crippen molar-refractivity contribution in [3.63, 3.8) is 0 Å². The first-order valence-corrected chi connectivity index (χ1v) is 4.57. The SMILES string of the molecule is CC(C(=O)NN)n1cc(C(F)(F)F)ccc1=O. The van der Waals surface area contributed by atoms with Crippen LogP contribution in [0.15, 0.2) is 23.1 Å². The lowest BCUT2D eigenvalue weighted by Crippen LogP contribution is -2.39. The zero-order valence-electron chi connectivity index (χ0n) is 8.78. The molecule has 1 aromatic rings. The fraction of sp³-hybridized carbons (Fsp3) is 0.333. The Morgan fingerprint density at radius 1 is 1.47 bits per heavy atom. The Morgan fingerprint density at radius 3 is 2.53 bits per heavy atom. The van der Waals surface area contributed by atoms with Crippen molar-refractivity contribution in [2.45, 2.75) is 19.1 Å². The van der Waals surface area contributed by atoms with Crippen molar-refractivity contribution in [2.75, 3.05) is 0 Å². The van der Waals surface area contributed by atoms with Crippen LogP contribution in [0.25, 0.3) is 0 Å². The summed E-state index contributed by atoms with van der Waals surface area (Å²) < 4.78 is 37.9. The van der Waals surface area contributed by atoms with E-state index in [-0.39, 0.29) is 0 Å². The van der Waals surface area contributed by atoms with Gasteiger partial charge in [-0.2, -0.15) is 13.2 Å². The molecule has 0 aliphatic heterocycles. The number of pyridine rings is 1. The molecule has 1 rings (SSSR count). The van der Waals surface area contributed by atoms with E-state index in [1.54, 1.807) is 5.43 Å². The monoisotopic (exact) mass is 249 g/mol. The Bertz CT molecular complexity index is 481. The average molecular weight is 249 g/mol. The van der Waals surface area contributed by atoms with Crippen LogP contribution in [0.2, 0.25) is 0 Å². The van der Waals surface area contributed by atoms with E-state index in [0.717, 1.165) is 6.07 Å². The van der Waals surface area contributed by atoms with Gasteiger partial charge >= 0.3 is 6.18 Å². The third-order valence-electron chi connectivity index (χ3n) is 2.20. The highest BCUT2D eigenvalue weighted by molar-refractivity contribution is 5.79. The van der Waals surface area contributed by atoms with Crippen LogP contribution < -0.4 is 16.8 Å². The summed E-state index contributed by atoms with van der Waals surface area (Å²) in [5, 5.41) is 0. The zero-order valence-corrected chi connectivity index (χ0v) is 8.78. The molecule has 1 amide bonds. The second kappa shape index (κ2) is 4.58. The second-order valence-electron chi connectivity index (χ2n) is 3.35. The van der Waals surface area contributed by atoms with Crippen molar-refractivity contribution in [3.05, 3.63) is 34.2 Å². The van der Waals surface area contributed by atoms with E-state index in [4.69, 9.17) is 5.84 Å². The standard InChI is InChI=1S/C9H10F3N3O2/c1-5(8(17)14-13)15-4-6(9(10,11)12)2-3-7(15)16/h2-5H,13H2,1H3,(H,14,17). The molecule has 0 aliphatic carbocycles. The van der Waals surface area contributed by atoms with Gasteiger partial charge in [-0.3, -0.25) is 15.0 Å². The summed E-state index contributed by atoms with van der Waals surface area (Å²) >= 11 is 0. The van der Waals surface area contributed by atoms with Gasteiger partial charge in [0.25, 0.3) is 11.5 Å². The van der Waals surface area contributed by atoms with Gasteiger partial charge in [0.15, 0.2) is 0 Å². The lowest BCUT2D eigenvalue weighted by atomic mass is 10.2. The Morgan fingerprint density at radius 2 is 2.06 bits per heavy atom. The van der Waals surface area contributed by atoms with Gasteiger partial charge in [-0.25, -0.2) is 5.84 Å². The summed E-state index contributed by atoms with van der Waals surface area (Å²) in [5.74, 6) is 4.09. The molecule has 8 heteroatoms. The van der Waals surface area contributed by atoms with E-state index in [1.807, 2.05) is 0 Å². The van der Waals surface area contributed by atoms with Crippen LogP contribution in [0.3, 0.4) is 0 Å². The number of nitrogens with two attached hydrogens (primary N) is 1. The minimum atomic E-state index is -4.58. The summed E-state index contributed by atoms with van der Waals surface area (Å²) in [6, 6.07) is 0.296. The molecule has 0 radical (unpaired) electrons. The van der Waals surface area contributed by atoms with Crippen LogP contribution in [0.5, 0.6) is 0 Å². The molecule has 0 spiro atoms. The maximum atomic E-state index is 12.4. The first kappa shape index (κ1) is 13.2. The van der Waals surface area contributed by atoms with Crippen molar-refractivity contribution < 1.29 is 18.0 Å². The first-order chi connectivity index (χ1) is 7.77. The van der Waals surface area contributed by atoms with Crippen LogP contribution >= 0.6 is 0 Å². The van der Waals surface area contributed by atoms with Gasteiger partial charge in [-0.05, 0) is 13.0 Å². The largest absolute Gasteiger partial charge is 0.417 e. The van der Waals surface area contributed by atoms with Gasteiger partial charge in [0.1, 0.15) is 6.04 Å². The summed E-state index contributed by atoms with van der Waals surface area (Å²) in [7, 11) is 0. The number of nitrogens with one attached hydrogen (secondary N) is 1. The molecule has 1 aromatic heterocycles. The van der Waals surface area contributed by atoms with Crippen molar-refractivity contribution >= 4 is 5.91 Å². The molecule has 94 valence electrons. The van der Waals surface area contributed by atoms with Gasteiger partial charge in [-0.1, -0.05) is 0 Å². The molecule has 1 atom stereocenters. The number of hydrazine groups is 1. The number of nitrogens with zero attached hydrogens (tertiary/aromatic N) is 1. The highest BCUT2D eigenvalue weighted by atomic mass is 19.4. The van der Waals surface area contributed by atoms with E-state index in [9.17, 15) is 22.8 Å². The maximum absolute atomic E-state index is 12.4. The number of halogens is 3. The summed E-state index contributed by atoms with van der Waals surface area (Å²) in [6.07, 6.45) is -3.99. The highest BCUT2D eigenvalue weighted by Crippen LogP contribution is 2.28. The van der Waals surface area contributed by atoms with E-state index in [1.165, 1.54) is 6.92 Å². The molecule has 0 fully saturated rings. The van der Waals surface area contributed by atoms with Crippen molar-refractivity contribution in [1.29, 1.82) is 0 Å². The van der Waals surface area contributed by atoms with Gasteiger partial charge in [0.05, 0.1) is 5.56 Å². The molecular weight excluding hydrogens is 239 g/mol. The van der Waals surface area contributed by atoms with Crippen LogP contribution in [0.1, 0.15) is 18.5 Å². The molecule has 0 bridgehead atoms. The lowest BCUT2D eigenvalue weighted by molar-refractivity contribution is -0.138. The van der Waals surface area contributed by atoms with E-state index >= 15 is 0 Å². The van der Waals surface area contributed by atoms with Crippen LogP contribution in [-0.4, -0.2) is 10.5 Å². The lowest BCUT2D eigenvalue weighted by Gasteiger charge is -2.15. The van der Waals surface area contributed by atoms with Gasteiger partial charge in [0.2, 0.25) is 0 Å². The molecule has 5 nitrogen and oxygen atoms in total. The van der Waals surface area contributed by atoms with E-state index in [2.05, 4.69) is 0 Å². The van der Waals surface area contributed by atoms with Gasteiger partial charge in [0, 0.05) is 12.3 Å². The molecule has 0 aliphatic rings. The van der Waals surface area contributed by atoms with Crippen LogP contribution in [0, 0.1) is 0 Å². The quantitative estimate of drug-likeness (QED) is 0.453. The highest BCUT2D eigenvalue weighted by Gasteiger charge is 2.31. The fourth-order valence-corrected chi connectivity index (χ4v) is 1.22. The number of hydrogen-bond acceptors (Lipinski definition) is 3. The predicted molar refractivity (Wildman–Crippen MR) is 52.7 cm³/mol. The molecule has 0 saturated heterocycles. The van der Waals surface area contributed by atoms with Crippen LogP contribution in [0.4, 0.5) is 13.2 Å². The van der Waals surface area contributed by atoms with Crippen LogP contribution in [-0.2, 0) is 11.0 Å². The molecule has 1 heterocycles. The Hall–Kier alpha value is -1.83. The molecule has 3 N–H and O–H groups in total. The third kappa shape index (κ3) is 2.84. The first-order valence-electron chi connectivity index (χ1n) is 4.57. The van der Waals surface area contributed by atoms with Crippen molar-refractivity contribution in [2.24, 2.45) is 5.84 Å². The average Bonchev–Trinajstić information content (AvgIpc) is 2.26. The van der Waals surface area contributed by atoms with Crippen molar-refractivity contribution in [3.8, 4) is 0 Å². The third-order valence-corrected chi connectivity index (χ3v) is 2.20. The molecular formula is C9H10F3N3O2.